The Bertz CT molecular complexity index is 336. The molecule has 0 amide bonds. The summed E-state index contributed by atoms with van der Waals surface area (Å²) in [4.78, 5) is 14.8. The predicted molar refractivity (Wildman–Crippen MR) is 45.2 cm³/mol. The predicted octanol–water partition coefficient (Wildman–Crippen LogP) is 0.542. The minimum absolute atomic E-state index is 0.236. The maximum atomic E-state index is 10.8. The molecule has 1 rings (SSSR count). The van der Waals surface area contributed by atoms with Crippen molar-refractivity contribution in [3.05, 3.63) is 17.7 Å². The molecule has 0 radical (unpaired) electrons. The van der Waals surface area contributed by atoms with Crippen molar-refractivity contribution in [3.63, 3.8) is 0 Å². The maximum Gasteiger partial charge on any atom is 0.316 e. The first-order chi connectivity index (χ1) is 5.94. The summed E-state index contributed by atoms with van der Waals surface area (Å²) in [5.74, 6) is -0.722. The minimum Gasteiger partial charge on any atom is -0.481 e. The molecule has 0 atom stereocenters. The van der Waals surface area contributed by atoms with Crippen LogP contribution in [0.5, 0.6) is 0 Å². The van der Waals surface area contributed by atoms with Crippen LogP contribution in [0.3, 0.4) is 0 Å². The molecule has 0 aliphatic carbocycles. The normalized spacial score (nSPS) is 11.3. The number of nitrogens with zero attached hydrogens (tertiary/aromatic N) is 3. The monoisotopic (exact) mass is 181 g/mol. The van der Waals surface area contributed by atoms with E-state index in [4.69, 9.17) is 5.11 Å². The van der Waals surface area contributed by atoms with Crippen LogP contribution in [-0.2, 0) is 10.2 Å². The average Bonchev–Trinajstić information content (AvgIpc) is 2.04. The zero-order valence-corrected chi connectivity index (χ0v) is 7.77. The molecule has 0 saturated heterocycles. The second kappa shape index (κ2) is 3.08. The molecule has 0 bridgehead atoms. The molecule has 0 unspecified atom stereocenters. The maximum absolute atomic E-state index is 10.8. The van der Waals surface area contributed by atoms with E-state index in [0.29, 0.717) is 5.69 Å². The van der Waals surface area contributed by atoms with Gasteiger partial charge >= 0.3 is 5.97 Å². The summed E-state index contributed by atoms with van der Waals surface area (Å²) in [6.07, 6.45) is 1.49. The number of hydrogen-bond donors (Lipinski definition) is 1. The first-order valence-corrected chi connectivity index (χ1v) is 3.85. The molecule has 0 spiro atoms. The molecule has 1 aromatic rings. The third-order valence-electron chi connectivity index (χ3n) is 1.77. The summed E-state index contributed by atoms with van der Waals surface area (Å²) in [5, 5.41) is 16.2. The van der Waals surface area contributed by atoms with Crippen molar-refractivity contribution in [1.29, 1.82) is 0 Å². The van der Waals surface area contributed by atoms with Crippen molar-refractivity contribution in [1.82, 2.24) is 15.2 Å². The van der Waals surface area contributed by atoms with Crippen LogP contribution in [0, 0.1) is 6.92 Å². The summed E-state index contributed by atoms with van der Waals surface area (Å²) in [6.45, 7) is 4.84. The Kier molecular flexibility index (Phi) is 2.27. The van der Waals surface area contributed by atoms with Gasteiger partial charge < -0.3 is 5.11 Å². The molecule has 1 heterocycles. The van der Waals surface area contributed by atoms with E-state index in [0.717, 1.165) is 0 Å². The molecule has 13 heavy (non-hydrogen) atoms. The SMILES string of the molecule is Cc1cnnc(C(C)(C)C(=O)O)n1. The Morgan fingerprint density at radius 2 is 2.15 bits per heavy atom. The fourth-order valence-electron chi connectivity index (χ4n) is 0.746. The van der Waals surface area contributed by atoms with Gasteiger partial charge in [-0.05, 0) is 20.8 Å². The van der Waals surface area contributed by atoms with E-state index in [1.54, 1.807) is 20.8 Å². The van der Waals surface area contributed by atoms with Crippen LogP contribution in [-0.4, -0.2) is 26.3 Å². The molecule has 5 nitrogen and oxygen atoms in total. The number of aliphatic carboxylic acids is 1. The summed E-state index contributed by atoms with van der Waals surface area (Å²) in [7, 11) is 0. The highest BCUT2D eigenvalue weighted by atomic mass is 16.4. The van der Waals surface area contributed by atoms with Crippen molar-refractivity contribution in [3.8, 4) is 0 Å². The van der Waals surface area contributed by atoms with Crippen LogP contribution in [0.25, 0.3) is 0 Å². The van der Waals surface area contributed by atoms with Crippen LogP contribution in [0.2, 0.25) is 0 Å². The first kappa shape index (κ1) is 9.57. The molecule has 5 heteroatoms. The Morgan fingerprint density at radius 1 is 1.54 bits per heavy atom. The van der Waals surface area contributed by atoms with Crippen LogP contribution >= 0.6 is 0 Å². The Hall–Kier alpha value is -1.52. The Balaban J connectivity index is 3.14. The minimum atomic E-state index is -1.08. The van der Waals surface area contributed by atoms with E-state index in [9.17, 15) is 4.79 Å². The van der Waals surface area contributed by atoms with Gasteiger partial charge in [0.15, 0.2) is 5.82 Å². The third-order valence-corrected chi connectivity index (χ3v) is 1.77. The van der Waals surface area contributed by atoms with Gasteiger partial charge in [0, 0.05) is 0 Å². The van der Waals surface area contributed by atoms with Crippen molar-refractivity contribution in [2.24, 2.45) is 0 Å². The smallest absolute Gasteiger partial charge is 0.316 e. The molecule has 0 aliphatic heterocycles. The molecule has 0 fully saturated rings. The van der Waals surface area contributed by atoms with Gasteiger partial charge in [0.25, 0.3) is 0 Å². The van der Waals surface area contributed by atoms with Gasteiger partial charge in [-0.25, -0.2) is 4.98 Å². The lowest BCUT2D eigenvalue weighted by Gasteiger charge is -2.16. The van der Waals surface area contributed by atoms with Gasteiger partial charge in [-0.1, -0.05) is 0 Å². The zero-order valence-electron chi connectivity index (χ0n) is 7.77. The highest BCUT2D eigenvalue weighted by molar-refractivity contribution is 5.78. The van der Waals surface area contributed by atoms with Gasteiger partial charge in [-0.2, -0.15) is 5.10 Å². The van der Waals surface area contributed by atoms with E-state index in [1.807, 2.05) is 0 Å². The first-order valence-electron chi connectivity index (χ1n) is 3.85. The lowest BCUT2D eigenvalue weighted by molar-refractivity contribution is -0.142. The van der Waals surface area contributed by atoms with E-state index in [-0.39, 0.29) is 5.82 Å². The third kappa shape index (κ3) is 1.80. The van der Waals surface area contributed by atoms with Gasteiger partial charge in [0.05, 0.1) is 11.9 Å². The molecule has 1 N–H and O–H groups in total. The largest absolute Gasteiger partial charge is 0.481 e. The molecule has 1 aromatic heterocycles. The number of hydrogen-bond acceptors (Lipinski definition) is 4. The fourth-order valence-corrected chi connectivity index (χ4v) is 0.746. The number of carbonyl (C=O) groups is 1. The van der Waals surface area contributed by atoms with E-state index >= 15 is 0 Å². The van der Waals surface area contributed by atoms with Gasteiger partial charge in [0.1, 0.15) is 5.41 Å². The molecular formula is C8H11N3O2. The number of aryl methyl sites for hydroxylation is 1. The van der Waals surface area contributed by atoms with E-state index in [2.05, 4.69) is 15.2 Å². The van der Waals surface area contributed by atoms with Crippen molar-refractivity contribution in [2.75, 3.05) is 0 Å². The van der Waals surface area contributed by atoms with Crippen LogP contribution in [0.15, 0.2) is 6.20 Å². The van der Waals surface area contributed by atoms with Crippen molar-refractivity contribution in [2.45, 2.75) is 26.2 Å². The number of carboxylic acids is 1. The highest BCUT2D eigenvalue weighted by Gasteiger charge is 2.33. The average molecular weight is 181 g/mol. The van der Waals surface area contributed by atoms with Crippen molar-refractivity contribution >= 4 is 5.97 Å². The lowest BCUT2D eigenvalue weighted by atomic mass is 9.93. The fraction of sp³-hybridized carbons (Fsp3) is 0.500. The Labute approximate surface area is 75.8 Å². The summed E-state index contributed by atoms with van der Waals surface area (Å²) in [6, 6.07) is 0. The second-order valence-electron chi connectivity index (χ2n) is 3.35. The van der Waals surface area contributed by atoms with Gasteiger partial charge in [0.2, 0.25) is 0 Å². The van der Waals surface area contributed by atoms with Crippen LogP contribution < -0.4 is 0 Å². The quantitative estimate of drug-likeness (QED) is 0.720. The summed E-state index contributed by atoms with van der Waals surface area (Å²) < 4.78 is 0. The highest BCUT2D eigenvalue weighted by Crippen LogP contribution is 2.18. The van der Waals surface area contributed by atoms with Crippen LogP contribution in [0.1, 0.15) is 25.4 Å². The number of carboxylic acid groups (broad SMARTS) is 1. The Morgan fingerprint density at radius 3 is 2.62 bits per heavy atom. The summed E-state index contributed by atoms with van der Waals surface area (Å²) >= 11 is 0. The standard InChI is InChI=1S/C8H11N3O2/c1-5-4-9-11-6(10-5)8(2,3)7(12)13/h4H,1-3H3,(H,12,13). The molecule has 0 aromatic carbocycles. The molecule has 0 aliphatic rings. The van der Waals surface area contributed by atoms with E-state index < -0.39 is 11.4 Å². The number of aromatic nitrogens is 3. The van der Waals surface area contributed by atoms with Gasteiger partial charge in [-0.15, -0.1) is 5.10 Å². The van der Waals surface area contributed by atoms with Crippen LogP contribution in [0.4, 0.5) is 0 Å². The number of rotatable bonds is 2. The second-order valence-corrected chi connectivity index (χ2v) is 3.35. The molecule has 70 valence electrons. The topological polar surface area (TPSA) is 76.0 Å². The van der Waals surface area contributed by atoms with E-state index in [1.165, 1.54) is 6.20 Å². The van der Waals surface area contributed by atoms with Crippen molar-refractivity contribution < 1.29 is 9.90 Å². The molecule has 0 saturated carbocycles. The van der Waals surface area contributed by atoms with Gasteiger partial charge in [-0.3, -0.25) is 4.79 Å². The lowest BCUT2D eigenvalue weighted by Crippen LogP contribution is -2.31. The zero-order chi connectivity index (χ0) is 10.1. The summed E-state index contributed by atoms with van der Waals surface area (Å²) in [5.41, 5.74) is -0.418. The molecular weight excluding hydrogens is 170 g/mol.